The Bertz CT molecular complexity index is 426. The molecule has 1 N–H and O–H groups in total. The van der Waals surface area contributed by atoms with Gasteiger partial charge in [-0.05, 0) is 24.6 Å². The Hall–Kier alpha value is -1.47. The van der Waals surface area contributed by atoms with Crippen molar-refractivity contribution in [3.8, 4) is 12.3 Å². The minimum absolute atomic E-state index is 0.00760. The smallest absolute Gasteiger partial charge is 0.254 e. The van der Waals surface area contributed by atoms with Crippen molar-refractivity contribution in [3.63, 3.8) is 0 Å². The lowest BCUT2D eigenvalue weighted by Crippen LogP contribution is -2.25. The third-order valence-electron chi connectivity index (χ3n) is 1.98. The highest BCUT2D eigenvalue weighted by Gasteiger charge is 2.10. The van der Waals surface area contributed by atoms with E-state index in [1.54, 1.807) is 0 Å². The van der Waals surface area contributed by atoms with E-state index in [0.29, 0.717) is 24.3 Å². The van der Waals surface area contributed by atoms with E-state index >= 15 is 0 Å². The van der Waals surface area contributed by atoms with Crippen molar-refractivity contribution >= 4 is 18.5 Å². The van der Waals surface area contributed by atoms with Gasteiger partial charge in [0.1, 0.15) is 5.82 Å². The van der Waals surface area contributed by atoms with Gasteiger partial charge in [-0.15, -0.1) is 25.0 Å². The molecular formula is C12H12FNOS. The van der Waals surface area contributed by atoms with Crippen molar-refractivity contribution in [1.29, 1.82) is 0 Å². The third-order valence-corrected chi connectivity index (χ3v) is 2.26. The number of carbonyl (C=O) groups is 1. The summed E-state index contributed by atoms with van der Waals surface area (Å²) in [5.41, 5.74) is 0.00760. The summed E-state index contributed by atoms with van der Waals surface area (Å²) in [5.74, 6) is 1.48. The van der Waals surface area contributed by atoms with E-state index in [-0.39, 0.29) is 5.56 Å². The van der Waals surface area contributed by atoms with Gasteiger partial charge in [0.05, 0.1) is 5.56 Å². The normalized spacial score (nSPS) is 9.56. The van der Waals surface area contributed by atoms with Crippen molar-refractivity contribution in [1.82, 2.24) is 5.32 Å². The van der Waals surface area contributed by atoms with Crippen molar-refractivity contribution in [2.75, 3.05) is 6.54 Å². The molecule has 0 aliphatic rings. The Labute approximate surface area is 99.7 Å². The Morgan fingerprint density at radius 3 is 3.00 bits per heavy atom. The molecule has 0 heterocycles. The number of amides is 1. The van der Waals surface area contributed by atoms with Gasteiger partial charge in [-0.25, -0.2) is 4.39 Å². The number of nitrogens with one attached hydrogen (secondary N) is 1. The molecule has 0 saturated heterocycles. The summed E-state index contributed by atoms with van der Waals surface area (Å²) in [6, 6.07) is 4.11. The van der Waals surface area contributed by atoms with Gasteiger partial charge in [0.2, 0.25) is 0 Å². The molecule has 0 spiro atoms. The van der Waals surface area contributed by atoms with Crippen LogP contribution in [0.5, 0.6) is 0 Å². The van der Waals surface area contributed by atoms with Gasteiger partial charge in [-0.2, -0.15) is 0 Å². The number of halogens is 1. The summed E-state index contributed by atoms with van der Waals surface area (Å²) in [4.78, 5) is 12.1. The summed E-state index contributed by atoms with van der Waals surface area (Å²) >= 11 is 4.05. The summed E-state index contributed by atoms with van der Waals surface area (Å²) in [6.07, 6.45) is 6.35. The SMILES string of the molecule is C#CCCCNC(=O)c1cc(S)ccc1F. The minimum atomic E-state index is -0.549. The van der Waals surface area contributed by atoms with Crippen LogP contribution in [0, 0.1) is 18.2 Å². The van der Waals surface area contributed by atoms with Gasteiger partial charge in [-0.1, -0.05) is 0 Å². The fourth-order valence-corrected chi connectivity index (χ4v) is 1.38. The molecule has 0 unspecified atom stereocenters. The molecule has 0 saturated carbocycles. The molecule has 0 radical (unpaired) electrons. The van der Waals surface area contributed by atoms with Gasteiger partial charge in [0, 0.05) is 17.9 Å². The van der Waals surface area contributed by atoms with Crippen molar-refractivity contribution in [2.24, 2.45) is 0 Å². The van der Waals surface area contributed by atoms with Crippen LogP contribution in [-0.2, 0) is 0 Å². The fraction of sp³-hybridized carbons (Fsp3) is 0.250. The lowest BCUT2D eigenvalue weighted by Gasteiger charge is -2.05. The summed E-state index contributed by atoms with van der Waals surface area (Å²) < 4.78 is 13.3. The van der Waals surface area contributed by atoms with E-state index in [1.165, 1.54) is 18.2 Å². The van der Waals surface area contributed by atoms with Crippen LogP contribution in [0.25, 0.3) is 0 Å². The molecule has 1 rings (SSSR count). The molecule has 0 aliphatic carbocycles. The first kappa shape index (κ1) is 12.6. The van der Waals surface area contributed by atoms with Gasteiger partial charge in [-0.3, -0.25) is 4.79 Å². The van der Waals surface area contributed by atoms with Crippen LogP contribution >= 0.6 is 12.6 Å². The van der Waals surface area contributed by atoms with Gasteiger partial charge >= 0.3 is 0 Å². The first-order valence-electron chi connectivity index (χ1n) is 4.85. The lowest BCUT2D eigenvalue weighted by atomic mass is 10.2. The molecule has 4 heteroatoms. The molecule has 16 heavy (non-hydrogen) atoms. The summed E-state index contributed by atoms with van der Waals surface area (Å²) in [7, 11) is 0. The van der Waals surface area contributed by atoms with Crippen LogP contribution in [0.4, 0.5) is 4.39 Å². The zero-order valence-corrected chi connectivity index (χ0v) is 9.56. The standard InChI is InChI=1S/C12H12FNOS/c1-2-3-4-7-14-12(15)10-8-9(16)5-6-11(10)13/h1,5-6,8,16H,3-4,7H2,(H,14,15). The molecule has 0 bridgehead atoms. The maximum atomic E-state index is 13.3. The van der Waals surface area contributed by atoms with Crippen molar-refractivity contribution in [3.05, 3.63) is 29.6 Å². The van der Waals surface area contributed by atoms with E-state index in [2.05, 4.69) is 23.9 Å². The fourth-order valence-electron chi connectivity index (χ4n) is 1.17. The number of thiol groups is 1. The Morgan fingerprint density at radius 2 is 2.31 bits per heavy atom. The quantitative estimate of drug-likeness (QED) is 0.469. The predicted molar refractivity (Wildman–Crippen MR) is 64.1 cm³/mol. The molecular weight excluding hydrogens is 225 g/mol. The molecule has 2 nitrogen and oxygen atoms in total. The third kappa shape index (κ3) is 3.59. The van der Waals surface area contributed by atoms with Gasteiger partial charge in [0.15, 0.2) is 0 Å². The van der Waals surface area contributed by atoms with E-state index in [0.717, 1.165) is 0 Å². The summed E-state index contributed by atoms with van der Waals surface area (Å²) in [5, 5.41) is 2.59. The average molecular weight is 237 g/mol. The highest BCUT2D eigenvalue weighted by molar-refractivity contribution is 7.80. The zero-order chi connectivity index (χ0) is 12.0. The summed E-state index contributed by atoms with van der Waals surface area (Å²) in [6.45, 7) is 0.444. The van der Waals surface area contributed by atoms with Crippen molar-refractivity contribution < 1.29 is 9.18 Å². The lowest BCUT2D eigenvalue weighted by molar-refractivity contribution is 0.0949. The molecule has 0 aliphatic heterocycles. The predicted octanol–water partition coefficient (Wildman–Crippen LogP) is 2.26. The molecule has 1 aromatic carbocycles. The van der Waals surface area contributed by atoms with Crippen LogP contribution in [0.2, 0.25) is 0 Å². The van der Waals surface area contributed by atoms with E-state index in [1.807, 2.05) is 0 Å². The minimum Gasteiger partial charge on any atom is -0.352 e. The highest BCUT2D eigenvalue weighted by Crippen LogP contribution is 2.13. The Morgan fingerprint density at radius 1 is 1.56 bits per heavy atom. The number of hydrogen-bond acceptors (Lipinski definition) is 2. The highest BCUT2D eigenvalue weighted by atomic mass is 32.1. The molecule has 1 amide bonds. The van der Waals surface area contributed by atoms with Crippen LogP contribution in [0.1, 0.15) is 23.2 Å². The topological polar surface area (TPSA) is 29.1 Å². The van der Waals surface area contributed by atoms with E-state index in [4.69, 9.17) is 6.42 Å². The van der Waals surface area contributed by atoms with Crippen LogP contribution in [-0.4, -0.2) is 12.5 Å². The second-order valence-electron chi connectivity index (χ2n) is 3.23. The molecule has 0 aromatic heterocycles. The second-order valence-corrected chi connectivity index (χ2v) is 3.74. The number of carbonyl (C=O) groups excluding carboxylic acids is 1. The van der Waals surface area contributed by atoms with Gasteiger partial charge < -0.3 is 5.32 Å². The first-order valence-corrected chi connectivity index (χ1v) is 5.30. The van der Waals surface area contributed by atoms with Crippen LogP contribution in [0.15, 0.2) is 23.1 Å². The van der Waals surface area contributed by atoms with Crippen molar-refractivity contribution in [2.45, 2.75) is 17.7 Å². The molecule has 1 aromatic rings. The first-order chi connectivity index (χ1) is 7.65. The maximum absolute atomic E-state index is 13.3. The number of benzene rings is 1. The van der Waals surface area contributed by atoms with E-state index in [9.17, 15) is 9.18 Å². The van der Waals surface area contributed by atoms with Crippen LogP contribution < -0.4 is 5.32 Å². The Balaban J connectivity index is 2.59. The molecule has 84 valence electrons. The number of unbranched alkanes of at least 4 members (excludes halogenated alkanes) is 1. The second kappa shape index (κ2) is 6.19. The largest absolute Gasteiger partial charge is 0.352 e. The van der Waals surface area contributed by atoms with Crippen LogP contribution in [0.3, 0.4) is 0 Å². The number of terminal acetylenes is 1. The van der Waals surface area contributed by atoms with E-state index < -0.39 is 11.7 Å². The average Bonchev–Trinajstić information content (AvgIpc) is 2.27. The monoisotopic (exact) mass is 237 g/mol. The number of rotatable bonds is 4. The maximum Gasteiger partial charge on any atom is 0.254 e. The van der Waals surface area contributed by atoms with Gasteiger partial charge in [0.25, 0.3) is 5.91 Å². The molecule has 0 fully saturated rings. The number of hydrogen-bond donors (Lipinski definition) is 2. The molecule has 0 atom stereocenters. The zero-order valence-electron chi connectivity index (χ0n) is 8.66. The Kier molecular flexibility index (Phi) is 4.87.